The number of carbonyl (C=O) groups excluding carboxylic acids is 2. The highest BCUT2D eigenvalue weighted by molar-refractivity contribution is 7.89. The molecular weight excluding hydrogens is 482 g/mol. The van der Waals surface area contributed by atoms with Crippen molar-refractivity contribution in [3.05, 3.63) is 96.2 Å². The van der Waals surface area contributed by atoms with Gasteiger partial charge in [-0.25, -0.2) is 18.0 Å². The minimum atomic E-state index is -4.11. The number of aromatic nitrogens is 1. The van der Waals surface area contributed by atoms with Gasteiger partial charge in [0.1, 0.15) is 5.75 Å². The minimum absolute atomic E-state index is 0.0769. The molecular formula is C26H25N3O6S. The summed E-state index contributed by atoms with van der Waals surface area (Å²) in [6, 6.07) is 23.5. The van der Waals surface area contributed by atoms with E-state index in [0.29, 0.717) is 18.8 Å². The molecule has 0 aliphatic heterocycles. The number of hydrogen-bond donors (Lipinski definition) is 3. The Balaban J connectivity index is 1.30. The zero-order valence-corrected chi connectivity index (χ0v) is 20.2. The van der Waals surface area contributed by atoms with Gasteiger partial charge in [-0.1, -0.05) is 36.4 Å². The maximum Gasteiger partial charge on any atom is 0.349 e. The van der Waals surface area contributed by atoms with Gasteiger partial charge in [0.05, 0.1) is 17.1 Å². The second-order valence-electron chi connectivity index (χ2n) is 8.30. The number of nitrogens with one attached hydrogen (secondary N) is 2. The highest BCUT2D eigenvalue weighted by atomic mass is 32.2. The molecule has 9 nitrogen and oxygen atoms in total. The van der Waals surface area contributed by atoms with Gasteiger partial charge in [-0.15, -0.1) is 0 Å². The number of esters is 2. The predicted octanol–water partition coefficient (Wildman–Crippen LogP) is 3.13. The van der Waals surface area contributed by atoms with Crippen molar-refractivity contribution in [2.75, 3.05) is 6.61 Å². The third-order valence-electron chi connectivity index (χ3n) is 5.33. The fraction of sp³-hybridized carbons (Fsp3) is 0.154. The number of benzene rings is 3. The van der Waals surface area contributed by atoms with E-state index in [9.17, 15) is 18.0 Å². The van der Waals surface area contributed by atoms with Gasteiger partial charge in [0, 0.05) is 17.6 Å². The van der Waals surface area contributed by atoms with Crippen molar-refractivity contribution >= 4 is 32.9 Å². The molecule has 0 saturated carbocycles. The number of rotatable bonds is 9. The van der Waals surface area contributed by atoms with Gasteiger partial charge in [0.2, 0.25) is 10.0 Å². The SMILES string of the molecule is C[C@](N)(NS(=O)(=O)c1ccccc1)C(=O)OC(=O)c1ccc(OCCc2cc3ccccc3[nH]2)cc1. The lowest BCUT2D eigenvalue weighted by Crippen LogP contribution is -2.60. The molecule has 0 amide bonds. The van der Waals surface area contributed by atoms with Crippen LogP contribution in [-0.2, 0) is 26.0 Å². The van der Waals surface area contributed by atoms with E-state index < -0.39 is 27.6 Å². The first kappa shape index (κ1) is 25.1. The topological polar surface area (TPSA) is 141 Å². The number of H-pyrrole nitrogens is 1. The number of ether oxygens (including phenoxy) is 2. The maximum absolute atomic E-state index is 12.5. The monoisotopic (exact) mass is 507 g/mol. The van der Waals surface area contributed by atoms with Gasteiger partial charge < -0.3 is 20.2 Å². The smallest absolute Gasteiger partial charge is 0.349 e. The lowest BCUT2D eigenvalue weighted by molar-refractivity contribution is -0.144. The van der Waals surface area contributed by atoms with E-state index in [1.807, 2.05) is 24.3 Å². The molecule has 0 aliphatic carbocycles. The summed E-state index contributed by atoms with van der Waals surface area (Å²) in [5.41, 5.74) is 5.83. The molecule has 0 fully saturated rings. The van der Waals surface area contributed by atoms with Crippen LogP contribution in [0.2, 0.25) is 0 Å². The molecule has 0 radical (unpaired) electrons. The Morgan fingerprint density at radius 1 is 0.972 bits per heavy atom. The zero-order valence-electron chi connectivity index (χ0n) is 19.4. The van der Waals surface area contributed by atoms with Gasteiger partial charge in [-0.3, -0.25) is 0 Å². The second kappa shape index (κ2) is 10.3. The number of carbonyl (C=O) groups is 2. The molecule has 1 heterocycles. The van der Waals surface area contributed by atoms with Crippen molar-refractivity contribution in [1.82, 2.24) is 9.71 Å². The van der Waals surface area contributed by atoms with Gasteiger partial charge in [-0.2, -0.15) is 4.72 Å². The molecule has 1 atom stereocenters. The fourth-order valence-corrected chi connectivity index (χ4v) is 4.74. The van der Waals surface area contributed by atoms with E-state index in [2.05, 4.69) is 15.8 Å². The molecule has 0 aliphatic rings. The van der Waals surface area contributed by atoms with Crippen LogP contribution >= 0.6 is 0 Å². The molecule has 4 N–H and O–H groups in total. The van der Waals surface area contributed by atoms with E-state index >= 15 is 0 Å². The Hall–Kier alpha value is -3.99. The largest absolute Gasteiger partial charge is 0.493 e. The molecule has 3 aromatic carbocycles. The lowest BCUT2D eigenvalue weighted by atomic mass is 10.2. The van der Waals surface area contributed by atoms with Crippen LogP contribution in [0.15, 0.2) is 89.8 Å². The van der Waals surface area contributed by atoms with Crippen LogP contribution in [0.1, 0.15) is 23.0 Å². The van der Waals surface area contributed by atoms with Crippen molar-refractivity contribution in [2.24, 2.45) is 5.73 Å². The molecule has 0 bridgehead atoms. The Bertz CT molecular complexity index is 1450. The quantitative estimate of drug-likeness (QED) is 0.180. The molecule has 4 rings (SSSR count). The third kappa shape index (κ3) is 5.98. The molecule has 0 spiro atoms. The molecule has 1 aromatic heterocycles. The second-order valence-corrected chi connectivity index (χ2v) is 9.98. The average molecular weight is 508 g/mol. The van der Waals surface area contributed by atoms with Gasteiger partial charge in [-0.05, 0) is 60.8 Å². The molecule has 0 saturated heterocycles. The molecule has 0 unspecified atom stereocenters. The van der Waals surface area contributed by atoms with E-state index in [1.54, 1.807) is 18.2 Å². The van der Waals surface area contributed by atoms with Crippen LogP contribution in [0, 0.1) is 0 Å². The van der Waals surface area contributed by atoms with Crippen molar-refractivity contribution in [3.63, 3.8) is 0 Å². The van der Waals surface area contributed by atoms with Crippen LogP contribution in [0.4, 0.5) is 0 Å². The number of aromatic amines is 1. The van der Waals surface area contributed by atoms with E-state index in [-0.39, 0.29) is 10.5 Å². The average Bonchev–Trinajstić information content (AvgIpc) is 3.27. The van der Waals surface area contributed by atoms with Gasteiger partial charge in [0.25, 0.3) is 0 Å². The Kier molecular flexibility index (Phi) is 7.20. The summed E-state index contributed by atoms with van der Waals surface area (Å²) in [7, 11) is -4.11. The third-order valence-corrected chi connectivity index (χ3v) is 6.91. The first-order valence-electron chi connectivity index (χ1n) is 11.1. The number of fused-ring (bicyclic) bond motifs is 1. The van der Waals surface area contributed by atoms with Crippen molar-refractivity contribution in [3.8, 4) is 5.75 Å². The molecule has 186 valence electrons. The Labute approximate surface area is 208 Å². The summed E-state index contributed by atoms with van der Waals surface area (Å²) < 4.78 is 37.5. The van der Waals surface area contributed by atoms with Gasteiger partial charge in [0.15, 0.2) is 5.66 Å². The van der Waals surface area contributed by atoms with Crippen LogP contribution in [-0.4, -0.2) is 37.6 Å². The minimum Gasteiger partial charge on any atom is -0.493 e. The van der Waals surface area contributed by atoms with Gasteiger partial charge >= 0.3 is 11.9 Å². The molecule has 4 aromatic rings. The first-order valence-corrected chi connectivity index (χ1v) is 12.6. The first-order chi connectivity index (χ1) is 17.1. The summed E-state index contributed by atoms with van der Waals surface area (Å²) in [4.78, 5) is 28.1. The fourth-order valence-electron chi connectivity index (χ4n) is 3.46. The van der Waals surface area contributed by atoms with Crippen LogP contribution in [0.3, 0.4) is 0 Å². The Morgan fingerprint density at radius 2 is 1.64 bits per heavy atom. The van der Waals surface area contributed by atoms with E-state index in [0.717, 1.165) is 23.5 Å². The van der Waals surface area contributed by atoms with Crippen LogP contribution < -0.4 is 15.2 Å². The summed E-state index contributed by atoms with van der Waals surface area (Å²) in [5.74, 6) is -1.68. The number of nitrogens with two attached hydrogens (primary N) is 1. The summed E-state index contributed by atoms with van der Waals surface area (Å²) in [5, 5.41) is 1.13. The predicted molar refractivity (Wildman–Crippen MR) is 134 cm³/mol. The number of sulfonamides is 1. The van der Waals surface area contributed by atoms with Crippen molar-refractivity contribution in [1.29, 1.82) is 0 Å². The number of para-hydroxylation sites is 1. The zero-order chi connectivity index (χ0) is 25.8. The van der Waals surface area contributed by atoms with Crippen LogP contribution in [0.25, 0.3) is 10.9 Å². The normalized spacial score (nSPS) is 13.2. The van der Waals surface area contributed by atoms with Crippen LogP contribution in [0.5, 0.6) is 5.75 Å². The maximum atomic E-state index is 12.5. The molecule has 36 heavy (non-hydrogen) atoms. The van der Waals surface area contributed by atoms with E-state index in [4.69, 9.17) is 15.2 Å². The van der Waals surface area contributed by atoms with Crippen molar-refractivity contribution in [2.45, 2.75) is 23.9 Å². The summed E-state index contributed by atoms with van der Waals surface area (Å²) >= 11 is 0. The Morgan fingerprint density at radius 3 is 2.33 bits per heavy atom. The highest BCUT2D eigenvalue weighted by Crippen LogP contribution is 2.17. The lowest BCUT2D eigenvalue weighted by Gasteiger charge is -2.23. The number of hydrogen-bond acceptors (Lipinski definition) is 7. The highest BCUT2D eigenvalue weighted by Gasteiger charge is 2.37. The standard InChI is InChI=1S/C26H25N3O6S/c1-26(27,29-36(32,33)22-8-3-2-4-9-22)25(31)35-24(30)18-11-13-21(14-12-18)34-16-15-20-17-19-7-5-6-10-23(19)28-20/h2-14,17,28-29H,15-16,27H2,1H3/t26-/m0/s1. The van der Waals surface area contributed by atoms with Crippen molar-refractivity contribution < 1.29 is 27.5 Å². The summed E-state index contributed by atoms with van der Waals surface area (Å²) in [6.45, 7) is 1.52. The van der Waals surface area contributed by atoms with E-state index in [1.165, 1.54) is 36.4 Å². The molecule has 10 heteroatoms. The summed E-state index contributed by atoms with van der Waals surface area (Å²) in [6.07, 6.45) is 0.668.